The lowest BCUT2D eigenvalue weighted by Crippen LogP contribution is -2.30. The number of carbonyl (C=O) groups excluding carboxylic acids is 1. The molecular weight excluding hydrogens is 382 g/mol. The maximum atomic E-state index is 13.0. The second-order valence-electron chi connectivity index (χ2n) is 6.76. The van der Waals surface area contributed by atoms with Crippen molar-refractivity contribution in [3.05, 3.63) is 63.9 Å². The van der Waals surface area contributed by atoms with Crippen LogP contribution in [0.15, 0.2) is 52.2 Å². The number of rotatable bonds is 3. The summed E-state index contributed by atoms with van der Waals surface area (Å²) in [6, 6.07) is 10.7. The lowest BCUT2D eigenvalue weighted by atomic mass is 10.1. The number of anilines is 1. The van der Waals surface area contributed by atoms with Crippen LogP contribution in [0.3, 0.4) is 0 Å². The second kappa shape index (κ2) is 6.18. The van der Waals surface area contributed by atoms with Crippen molar-refractivity contribution in [2.75, 3.05) is 5.32 Å². The number of sulfonamides is 1. The Balaban J connectivity index is 1.89. The van der Waals surface area contributed by atoms with Crippen molar-refractivity contribution in [2.45, 2.75) is 24.3 Å². The third kappa shape index (κ3) is 2.67. The number of pyridine rings is 1. The molecule has 8 nitrogen and oxygen atoms in total. The highest BCUT2D eigenvalue weighted by molar-refractivity contribution is 7.89. The van der Waals surface area contributed by atoms with E-state index in [1.54, 1.807) is 12.1 Å². The molecule has 2 heterocycles. The van der Waals surface area contributed by atoms with Gasteiger partial charge in [0.2, 0.25) is 10.0 Å². The van der Waals surface area contributed by atoms with Gasteiger partial charge in [-0.3, -0.25) is 9.59 Å². The maximum absolute atomic E-state index is 13.0. The van der Waals surface area contributed by atoms with Gasteiger partial charge in [-0.25, -0.2) is 13.6 Å². The predicted octanol–water partition coefficient (Wildman–Crippen LogP) is 1.72. The third-order valence-corrected chi connectivity index (χ3v) is 5.88. The highest BCUT2D eigenvalue weighted by Gasteiger charge is 2.29. The summed E-state index contributed by atoms with van der Waals surface area (Å²) in [4.78, 5) is 25.6. The summed E-state index contributed by atoms with van der Waals surface area (Å²) in [5, 5.41) is 18.6. The van der Waals surface area contributed by atoms with Crippen LogP contribution in [0.25, 0.3) is 10.9 Å². The first-order chi connectivity index (χ1) is 13.2. The summed E-state index contributed by atoms with van der Waals surface area (Å²) in [7, 11) is -4.09. The number of primary sulfonamides is 1. The van der Waals surface area contributed by atoms with Crippen molar-refractivity contribution < 1.29 is 18.3 Å². The number of hydrogen-bond donors (Lipinski definition) is 3. The Morgan fingerprint density at radius 1 is 1.21 bits per heavy atom. The van der Waals surface area contributed by atoms with Gasteiger partial charge in [0, 0.05) is 11.4 Å². The standard InChI is InChI=1S/C19H17N3O5S/c1-10-9-11-5-4-6-12-16(11)22(10)19(25)15(17(12)23)18(24)21-13-7-2-3-8-14(13)28(20,26)27/h2-8,10,23H,9H2,1H3,(H,21,24)(H2,20,26,27)/t10-/m0/s1. The van der Waals surface area contributed by atoms with Crippen LogP contribution in [0.2, 0.25) is 0 Å². The van der Waals surface area contributed by atoms with Gasteiger partial charge in [-0.05, 0) is 37.1 Å². The first-order valence-electron chi connectivity index (χ1n) is 8.52. The molecule has 0 aliphatic carbocycles. The third-order valence-electron chi connectivity index (χ3n) is 4.91. The fourth-order valence-electron chi connectivity index (χ4n) is 3.73. The van der Waals surface area contributed by atoms with Gasteiger partial charge in [-0.2, -0.15) is 0 Å². The van der Waals surface area contributed by atoms with E-state index >= 15 is 0 Å². The molecule has 0 unspecified atom stereocenters. The molecule has 4 rings (SSSR count). The molecule has 1 aliphatic heterocycles. The van der Waals surface area contributed by atoms with E-state index in [1.165, 1.54) is 28.8 Å². The van der Waals surface area contributed by atoms with Gasteiger partial charge in [0.1, 0.15) is 16.2 Å². The maximum Gasteiger partial charge on any atom is 0.268 e. The lowest BCUT2D eigenvalue weighted by Gasteiger charge is -2.15. The topological polar surface area (TPSA) is 131 Å². The van der Waals surface area contributed by atoms with Crippen LogP contribution in [0.5, 0.6) is 5.75 Å². The summed E-state index contributed by atoms with van der Waals surface area (Å²) < 4.78 is 25.0. The van der Waals surface area contributed by atoms with Gasteiger partial charge < -0.3 is 15.0 Å². The van der Waals surface area contributed by atoms with Crippen LogP contribution in [-0.2, 0) is 16.4 Å². The van der Waals surface area contributed by atoms with E-state index in [-0.39, 0.29) is 16.6 Å². The summed E-state index contributed by atoms with van der Waals surface area (Å²) >= 11 is 0. The van der Waals surface area contributed by atoms with E-state index in [2.05, 4.69) is 5.32 Å². The van der Waals surface area contributed by atoms with Gasteiger partial charge >= 0.3 is 0 Å². The Morgan fingerprint density at radius 2 is 1.93 bits per heavy atom. The van der Waals surface area contributed by atoms with E-state index in [9.17, 15) is 23.1 Å². The number of aromatic hydroxyl groups is 1. The number of carbonyl (C=O) groups is 1. The molecule has 1 atom stereocenters. The average Bonchev–Trinajstić information content (AvgIpc) is 2.96. The minimum atomic E-state index is -4.09. The average molecular weight is 399 g/mol. The highest BCUT2D eigenvalue weighted by atomic mass is 32.2. The molecule has 1 amide bonds. The molecule has 0 radical (unpaired) electrons. The number of amides is 1. The summed E-state index contributed by atoms with van der Waals surface area (Å²) in [5.41, 5.74) is 0.385. The summed E-state index contributed by atoms with van der Waals surface area (Å²) in [5.74, 6) is -1.34. The van der Waals surface area contributed by atoms with Crippen LogP contribution in [0.1, 0.15) is 28.9 Å². The molecule has 0 bridgehead atoms. The van der Waals surface area contributed by atoms with Crippen molar-refractivity contribution in [1.82, 2.24) is 4.57 Å². The molecule has 0 saturated carbocycles. The lowest BCUT2D eigenvalue weighted by molar-refractivity contribution is 0.102. The number of aromatic nitrogens is 1. The molecule has 2 aromatic carbocycles. The zero-order valence-corrected chi connectivity index (χ0v) is 15.7. The van der Waals surface area contributed by atoms with E-state index < -0.39 is 32.8 Å². The zero-order chi connectivity index (χ0) is 20.2. The molecule has 0 spiro atoms. The van der Waals surface area contributed by atoms with Crippen molar-refractivity contribution in [3.8, 4) is 5.75 Å². The molecule has 4 N–H and O–H groups in total. The number of nitrogens with two attached hydrogens (primary N) is 1. The second-order valence-corrected chi connectivity index (χ2v) is 8.29. The van der Waals surface area contributed by atoms with Gasteiger partial charge in [0.25, 0.3) is 11.5 Å². The Morgan fingerprint density at radius 3 is 2.64 bits per heavy atom. The fraction of sp³-hybridized carbons (Fsp3) is 0.158. The van der Waals surface area contributed by atoms with E-state index in [1.807, 2.05) is 13.0 Å². The molecule has 1 aromatic heterocycles. The molecule has 3 aromatic rings. The SMILES string of the molecule is C[C@H]1Cc2cccc3c(O)c(C(=O)Nc4ccccc4S(N)(=O)=O)c(=O)n1c23. The normalized spacial score (nSPS) is 15.7. The minimum Gasteiger partial charge on any atom is -0.506 e. The molecule has 0 fully saturated rings. The number of nitrogens with one attached hydrogen (secondary N) is 1. The van der Waals surface area contributed by atoms with Crippen molar-refractivity contribution in [3.63, 3.8) is 0 Å². The fourth-order valence-corrected chi connectivity index (χ4v) is 4.42. The Bertz CT molecular complexity index is 1310. The van der Waals surface area contributed by atoms with Crippen LogP contribution in [0, 0.1) is 0 Å². The van der Waals surface area contributed by atoms with Crippen LogP contribution in [0.4, 0.5) is 5.69 Å². The quantitative estimate of drug-likeness (QED) is 0.617. The Hall–Kier alpha value is -3.17. The Kier molecular flexibility index (Phi) is 4.02. The van der Waals surface area contributed by atoms with E-state index in [4.69, 9.17) is 5.14 Å². The first kappa shape index (κ1) is 18.2. The van der Waals surface area contributed by atoms with Crippen molar-refractivity contribution in [1.29, 1.82) is 0 Å². The van der Waals surface area contributed by atoms with Crippen molar-refractivity contribution in [2.24, 2.45) is 5.14 Å². The van der Waals surface area contributed by atoms with E-state index in [0.717, 1.165) is 5.56 Å². The highest BCUT2D eigenvalue weighted by Crippen LogP contribution is 2.36. The Labute approximate surface area is 160 Å². The molecule has 1 aliphatic rings. The zero-order valence-electron chi connectivity index (χ0n) is 14.8. The van der Waals surface area contributed by atoms with Gasteiger partial charge in [-0.15, -0.1) is 0 Å². The smallest absolute Gasteiger partial charge is 0.268 e. The minimum absolute atomic E-state index is 0.0721. The number of para-hydroxylation sites is 2. The molecule has 9 heteroatoms. The first-order valence-corrected chi connectivity index (χ1v) is 10.1. The number of benzene rings is 2. The molecular formula is C19H17N3O5S. The molecule has 0 saturated heterocycles. The number of hydrogen-bond acceptors (Lipinski definition) is 5. The van der Waals surface area contributed by atoms with Crippen molar-refractivity contribution >= 4 is 32.5 Å². The van der Waals surface area contributed by atoms with Crippen LogP contribution < -0.4 is 16.0 Å². The van der Waals surface area contributed by atoms with Gasteiger partial charge in [0.15, 0.2) is 0 Å². The van der Waals surface area contributed by atoms with Gasteiger partial charge in [-0.1, -0.05) is 24.3 Å². The van der Waals surface area contributed by atoms with Crippen LogP contribution >= 0.6 is 0 Å². The summed E-state index contributed by atoms with van der Waals surface area (Å²) in [6.07, 6.45) is 0.616. The van der Waals surface area contributed by atoms with E-state index in [0.29, 0.717) is 17.3 Å². The van der Waals surface area contributed by atoms with Gasteiger partial charge in [0.05, 0.1) is 11.2 Å². The monoisotopic (exact) mass is 399 g/mol. The molecule has 144 valence electrons. The van der Waals surface area contributed by atoms with Crippen LogP contribution in [-0.4, -0.2) is 24.0 Å². The summed E-state index contributed by atoms with van der Waals surface area (Å²) in [6.45, 7) is 1.86. The molecule has 28 heavy (non-hydrogen) atoms. The number of nitrogens with zero attached hydrogens (tertiary/aromatic N) is 1. The largest absolute Gasteiger partial charge is 0.506 e. The predicted molar refractivity (Wildman–Crippen MR) is 104 cm³/mol.